The Bertz CT molecular complexity index is 93.6. The van der Waals surface area contributed by atoms with E-state index in [0.29, 0.717) is 6.42 Å². The van der Waals surface area contributed by atoms with Crippen LogP contribution in [0.5, 0.6) is 0 Å². The van der Waals surface area contributed by atoms with Gasteiger partial charge in [-0.2, -0.15) is 0 Å². The number of nitrogens with zero attached hydrogens (tertiary/aromatic N) is 1. The monoisotopic (exact) mass is 153 g/mol. The molecule has 56 valence electrons. The standard InChI is InChI=1S/C7H15NO.Na.H/c1-4-5-6-7(9)8(2)3;;/h4-6H2,1-3H3;;. The predicted octanol–water partition coefficient (Wildman–Crippen LogP) is 0.616. The van der Waals surface area contributed by atoms with Crippen molar-refractivity contribution in [1.29, 1.82) is 0 Å². The zero-order valence-corrected chi connectivity index (χ0v) is 6.48. The van der Waals surface area contributed by atoms with Crippen LogP contribution in [0.25, 0.3) is 0 Å². The summed E-state index contributed by atoms with van der Waals surface area (Å²) in [6.45, 7) is 2.09. The molecule has 0 saturated heterocycles. The van der Waals surface area contributed by atoms with Crippen molar-refractivity contribution >= 4 is 35.5 Å². The summed E-state index contributed by atoms with van der Waals surface area (Å²) < 4.78 is 0. The number of hydrogen-bond acceptors (Lipinski definition) is 1. The van der Waals surface area contributed by atoms with Crippen molar-refractivity contribution < 1.29 is 4.79 Å². The molecule has 1 amide bonds. The zero-order chi connectivity index (χ0) is 7.28. The number of hydrogen-bond donors (Lipinski definition) is 0. The molecule has 0 rings (SSSR count). The van der Waals surface area contributed by atoms with E-state index in [1.165, 1.54) is 0 Å². The summed E-state index contributed by atoms with van der Waals surface area (Å²) in [6, 6.07) is 0. The molecule has 0 bridgehead atoms. The summed E-state index contributed by atoms with van der Waals surface area (Å²) in [5, 5.41) is 0. The molecule has 0 heterocycles. The van der Waals surface area contributed by atoms with Crippen LogP contribution in [-0.4, -0.2) is 54.5 Å². The molecule has 0 atom stereocenters. The van der Waals surface area contributed by atoms with Crippen LogP contribution < -0.4 is 0 Å². The molecule has 3 heteroatoms. The van der Waals surface area contributed by atoms with Crippen LogP contribution in [0, 0.1) is 0 Å². The van der Waals surface area contributed by atoms with E-state index in [1.807, 2.05) is 0 Å². The topological polar surface area (TPSA) is 20.3 Å². The van der Waals surface area contributed by atoms with Crippen LogP contribution in [0.15, 0.2) is 0 Å². The van der Waals surface area contributed by atoms with Gasteiger partial charge in [0.25, 0.3) is 0 Å². The molecule has 0 saturated carbocycles. The minimum atomic E-state index is 0. The van der Waals surface area contributed by atoms with E-state index < -0.39 is 0 Å². The van der Waals surface area contributed by atoms with E-state index in [-0.39, 0.29) is 35.5 Å². The quantitative estimate of drug-likeness (QED) is 0.544. The van der Waals surface area contributed by atoms with Crippen LogP contribution in [0.4, 0.5) is 0 Å². The Morgan fingerprint density at radius 2 is 1.90 bits per heavy atom. The Balaban J connectivity index is 0. The average molecular weight is 153 g/mol. The Kier molecular flexibility index (Phi) is 9.92. The molecule has 0 aliphatic rings. The summed E-state index contributed by atoms with van der Waals surface area (Å²) in [7, 11) is 3.58. The summed E-state index contributed by atoms with van der Waals surface area (Å²) in [4.78, 5) is 12.5. The molecule has 0 aliphatic carbocycles. The molecule has 0 aromatic rings. The van der Waals surface area contributed by atoms with Crippen LogP contribution in [-0.2, 0) is 4.79 Å². The summed E-state index contributed by atoms with van der Waals surface area (Å²) in [5.41, 5.74) is 0. The third kappa shape index (κ3) is 6.59. The van der Waals surface area contributed by atoms with E-state index in [9.17, 15) is 4.79 Å². The molecule has 0 aromatic heterocycles. The van der Waals surface area contributed by atoms with Gasteiger partial charge in [-0.05, 0) is 6.42 Å². The molecule has 0 unspecified atom stereocenters. The van der Waals surface area contributed by atoms with E-state index in [1.54, 1.807) is 19.0 Å². The first-order valence-corrected chi connectivity index (χ1v) is 3.38. The molecule has 0 aliphatic heterocycles. The molecule has 0 fully saturated rings. The van der Waals surface area contributed by atoms with Gasteiger partial charge in [-0.1, -0.05) is 13.3 Å². The number of amides is 1. The molecule has 10 heavy (non-hydrogen) atoms. The second kappa shape index (κ2) is 7.58. The van der Waals surface area contributed by atoms with Gasteiger partial charge in [0.1, 0.15) is 0 Å². The fraction of sp³-hybridized carbons (Fsp3) is 0.857. The van der Waals surface area contributed by atoms with Gasteiger partial charge in [-0.3, -0.25) is 4.79 Å². The number of unbranched alkanes of at least 4 members (excludes halogenated alkanes) is 1. The maximum atomic E-state index is 10.8. The van der Waals surface area contributed by atoms with E-state index in [2.05, 4.69) is 6.92 Å². The molecule has 0 aromatic carbocycles. The maximum absolute atomic E-state index is 10.8. The number of rotatable bonds is 3. The SMILES string of the molecule is CCCCC(=O)N(C)C.[NaH]. The molecular weight excluding hydrogens is 137 g/mol. The minimum absolute atomic E-state index is 0. The van der Waals surface area contributed by atoms with Crippen molar-refractivity contribution in [3.63, 3.8) is 0 Å². The molecule has 0 spiro atoms. The molecule has 0 N–H and O–H groups in total. The first-order chi connectivity index (χ1) is 4.18. The van der Waals surface area contributed by atoms with Crippen LogP contribution in [0.3, 0.4) is 0 Å². The van der Waals surface area contributed by atoms with E-state index in [0.717, 1.165) is 12.8 Å². The first-order valence-electron chi connectivity index (χ1n) is 3.38. The van der Waals surface area contributed by atoms with Gasteiger partial charge >= 0.3 is 29.6 Å². The zero-order valence-electron chi connectivity index (χ0n) is 6.48. The molecule has 0 radical (unpaired) electrons. The fourth-order valence-electron chi connectivity index (χ4n) is 0.552. The second-order valence-electron chi connectivity index (χ2n) is 2.39. The third-order valence-corrected chi connectivity index (χ3v) is 1.24. The number of carbonyl (C=O) groups is 1. The van der Waals surface area contributed by atoms with Gasteiger partial charge < -0.3 is 4.90 Å². The van der Waals surface area contributed by atoms with Gasteiger partial charge in [0.2, 0.25) is 5.91 Å². The van der Waals surface area contributed by atoms with Gasteiger partial charge in [0.15, 0.2) is 0 Å². The van der Waals surface area contributed by atoms with Gasteiger partial charge in [-0.25, -0.2) is 0 Å². The Morgan fingerprint density at radius 3 is 2.20 bits per heavy atom. The summed E-state index contributed by atoms with van der Waals surface area (Å²) >= 11 is 0. The van der Waals surface area contributed by atoms with Crippen molar-refractivity contribution in [2.24, 2.45) is 0 Å². The van der Waals surface area contributed by atoms with Crippen molar-refractivity contribution in [2.75, 3.05) is 14.1 Å². The van der Waals surface area contributed by atoms with E-state index >= 15 is 0 Å². The molecular formula is C7H16NNaO. The van der Waals surface area contributed by atoms with Crippen molar-refractivity contribution in [3.8, 4) is 0 Å². The van der Waals surface area contributed by atoms with Crippen molar-refractivity contribution in [2.45, 2.75) is 26.2 Å². The van der Waals surface area contributed by atoms with Crippen LogP contribution in [0.2, 0.25) is 0 Å². The van der Waals surface area contributed by atoms with Crippen LogP contribution >= 0.6 is 0 Å². The van der Waals surface area contributed by atoms with Crippen LogP contribution in [0.1, 0.15) is 26.2 Å². The Hall–Kier alpha value is 0.470. The third-order valence-electron chi connectivity index (χ3n) is 1.24. The van der Waals surface area contributed by atoms with Crippen molar-refractivity contribution in [1.82, 2.24) is 4.90 Å². The Labute approximate surface area is 85.3 Å². The Morgan fingerprint density at radius 1 is 1.40 bits per heavy atom. The van der Waals surface area contributed by atoms with Crippen molar-refractivity contribution in [3.05, 3.63) is 0 Å². The first kappa shape index (κ1) is 13.1. The average Bonchev–Trinajstić information content (AvgIpc) is 1.82. The van der Waals surface area contributed by atoms with Gasteiger partial charge in [0, 0.05) is 20.5 Å². The van der Waals surface area contributed by atoms with Gasteiger partial charge in [0.05, 0.1) is 0 Å². The second-order valence-corrected chi connectivity index (χ2v) is 2.39. The molecule has 2 nitrogen and oxygen atoms in total. The fourth-order valence-corrected chi connectivity index (χ4v) is 0.552. The van der Waals surface area contributed by atoms with Gasteiger partial charge in [-0.15, -0.1) is 0 Å². The summed E-state index contributed by atoms with van der Waals surface area (Å²) in [6.07, 6.45) is 2.81. The predicted molar refractivity (Wildman–Crippen MR) is 45.4 cm³/mol. The number of carbonyl (C=O) groups excluding carboxylic acids is 1. The summed E-state index contributed by atoms with van der Waals surface area (Å²) in [5.74, 6) is 0.233. The normalized spacial score (nSPS) is 8.30. The van der Waals surface area contributed by atoms with E-state index in [4.69, 9.17) is 0 Å².